The summed E-state index contributed by atoms with van der Waals surface area (Å²) in [6.45, 7) is 1.16. The molecule has 0 radical (unpaired) electrons. The lowest BCUT2D eigenvalue weighted by molar-refractivity contribution is -0.117. The molecule has 294 valence electrons. The van der Waals surface area contributed by atoms with Crippen LogP contribution < -0.4 is 10.6 Å². The molecule has 51 heavy (non-hydrogen) atoms. The van der Waals surface area contributed by atoms with Crippen molar-refractivity contribution in [2.45, 2.75) is 121 Å². The molecule has 2 N–H and O–H groups in total. The molecule has 0 aromatic rings. The van der Waals surface area contributed by atoms with Crippen LogP contribution in [0.25, 0.3) is 0 Å². The average molecular weight is 753 g/mol. The molecule has 0 heterocycles. The van der Waals surface area contributed by atoms with E-state index in [-0.39, 0.29) is 11.8 Å². The highest BCUT2D eigenvalue weighted by atomic mass is 28.4. The maximum absolute atomic E-state index is 12.0. The number of unbranched alkanes of at least 4 members (excludes halogenated alkanes) is 10. The minimum Gasteiger partial charge on any atom is -0.377 e. The largest absolute Gasteiger partial charge is 0.500 e. The van der Waals surface area contributed by atoms with Gasteiger partial charge < -0.3 is 37.2 Å². The van der Waals surface area contributed by atoms with E-state index >= 15 is 0 Å². The molecule has 12 heteroatoms. The predicted molar refractivity (Wildman–Crippen MR) is 211 cm³/mol. The van der Waals surface area contributed by atoms with Crippen molar-refractivity contribution in [3.05, 3.63) is 48.6 Å². The first-order valence-corrected chi connectivity index (χ1v) is 23.2. The number of hydrogen-bond donors (Lipinski definition) is 2. The molecular formula is C39H72N2O8Si2. The molecule has 1 saturated carbocycles. The van der Waals surface area contributed by atoms with E-state index in [1.807, 2.05) is 12.2 Å². The van der Waals surface area contributed by atoms with Crippen LogP contribution >= 0.6 is 0 Å². The molecule has 2 atom stereocenters. The Kier molecular flexibility index (Phi) is 28.2. The van der Waals surface area contributed by atoms with Gasteiger partial charge in [0.25, 0.3) is 0 Å². The smallest absolute Gasteiger partial charge is 0.377 e. The summed E-state index contributed by atoms with van der Waals surface area (Å²) < 4.78 is 32.4. The van der Waals surface area contributed by atoms with Crippen LogP contribution in [0.3, 0.4) is 0 Å². The Labute approximate surface area is 312 Å². The molecule has 0 aromatic carbocycles. The summed E-state index contributed by atoms with van der Waals surface area (Å²) in [7, 11) is 4.50. The van der Waals surface area contributed by atoms with E-state index in [0.717, 1.165) is 50.4 Å². The van der Waals surface area contributed by atoms with Crippen LogP contribution in [0.1, 0.15) is 109 Å². The second-order valence-electron chi connectivity index (χ2n) is 13.4. The topological polar surface area (TPSA) is 114 Å². The highest BCUT2D eigenvalue weighted by Gasteiger charge is 2.37. The van der Waals surface area contributed by atoms with Crippen molar-refractivity contribution < 1.29 is 36.1 Å². The summed E-state index contributed by atoms with van der Waals surface area (Å²) in [5.41, 5.74) is 0. The standard InChI is InChI=1S/C39H72N2O8Si2/c1-44-50(45-2,46-3)33-23-31-40-38(42)27-21-17-13-9-7-11-15-19-25-36-29-30-37(35-36)26-20-16-12-8-10-14-18-22-28-39(43)41-32-24-34-51(47-4,48-5)49-6/h19-22,25-28,36-37H,7-18,23-24,29-35H2,1-6H3,(H,40,42)(H,41,43)/b25-19+,26-20+,27-21+,28-22+. The number of carbonyl (C=O) groups excluding carboxylic acids is 2. The van der Waals surface area contributed by atoms with E-state index in [1.54, 1.807) is 54.8 Å². The van der Waals surface area contributed by atoms with Crippen LogP contribution in [0, 0.1) is 11.8 Å². The van der Waals surface area contributed by atoms with Gasteiger partial charge in [-0.15, -0.1) is 0 Å². The third-order valence-electron chi connectivity index (χ3n) is 9.64. The van der Waals surface area contributed by atoms with Crippen LogP contribution in [0.2, 0.25) is 12.1 Å². The lowest BCUT2D eigenvalue weighted by Crippen LogP contribution is -2.43. The van der Waals surface area contributed by atoms with Gasteiger partial charge in [0.2, 0.25) is 11.8 Å². The highest BCUT2D eigenvalue weighted by Crippen LogP contribution is 2.33. The fourth-order valence-electron chi connectivity index (χ4n) is 6.38. The van der Waals surface area contributed by atoms with Gasteiger partial charge >= 0.3 is 17.6 Å². The molecule has 0 bridgehead atoms. The third-order valence-corrected chi connectivity index (χ3v) is 15.3. The van der Waals surface area contributed by atoms with Crippen molar-refractivity contribution in [3.63, 3.8) is 0 Å². The minimum absolute atomic E-state index is 0.0455. The van der Waals surface area contributed by atoms with Gasteiger partial charge in [-0.05, 0) is 107 Å². The minimum atomic E-state index is -2.56. The normalized spacial score (nSPS) is 17.1. The first kappa shape index (κ1) is 47.1. The fraction of sp³-hybridized carbons (Fsp3) is 0.744. The first-order chi connectivity index (χ1) is 24.8. The maximum atomic E-state index is 12.0. The van der Waals surface area contributed by atoms with Crippen LogP contribution in [0.5, 0.6) is 0 Å². The summed E-state index contributed by atoms with van der Waals surface area (Å²) >= 11 is 0. The van der Waals surface area contributed by atoms with E-state index in [0.29, 0.717) is 25.2 Å². The lowest BCUT2D eigenvalue weighted by atomic mass is 10.0. The van der Waals surface area contributed by atoms with Crippen molar-refractivity contribution in [3.8, 4) is 0 Å². The summed E-state index contributed by atoms with van der Waals surface area (Å²) in [5, 5.41) is 5.84. The van der Waals surface area contributed by atoms with Crippen molar-refractivity contribution in [1.29, 1.82) is 0 Å². The summed E-state index contributed by atoms with van der Waals surface area (Å²) in [6.07, 6.45) is 36.2. The van der Waals surface area contributed by atoms with Gasteiger partial charge in [-0.1, -0.05) is 62.1 Å². The zero-order valence-corrected chi connectivity index (χ0v) is 34.9. The van der Waals surface area contributed by atoms with Gasteiger partial charge in [0.1, 0.15) is 0 Å². The first-order valence-electron chi connectivity index (χ1n) is 19.3. The number of nitrogens with one attached hydrogen (secondary N) is 2. The summed E-state index contributed by atoms with van der Waals surface area (Å²) in [6, 6.07) is 1.35. The Bertz CT molecular complexity index is 921. The van der Waals surface area contributed by atoms with Gasteiger partial charge in [-0.2, -0.15) is 0 Å². The van der Waals surface area contributed by atoms with Gasteiger partial charge in [0.15, 0.2) is 0 Å². The zero-order chi connectivity index (χ0) is 37.5. The second kappa shape index (κ2) is 30.5. The molecule has 0 aromatic heterocycles. The number of hydrogen-bond acceptors (Lipinski definition) is 8. The molecule has 1 aliphatic carbocycles. The zero-order valence-electron chi connectivity index (χ0n) is 32.9. The van der Waals surface area contributed by atoms with E-state index in [4.69, 9.17) is 26.6 Å². The molecule has 1 fully saturated rings. The number of carbonyl (C=O) groups is 2. The Morgan fingerprint density at radius 3 is 1.18 bits per heavy atom. The third kappa shape index (κ3) is 22.7. The molecule has 1 rings (SSSR count). The van der Waals surface area contributed by atoms with E-state index < -0.39 is 17.6 Å². The van der Waals surface area contributed by atoms with Crippen LogP contribution in [0.4, 0.5) is 0 Å². The lowest BCUT2D eigenvalue weighted by Gasteiger charge is -2.24. The van der Waals surface area contributed by atoms with Gasteiger partial charge in [0.05, 0.1) is 0 Å². The van der Waals surface area contributed by atoms with Crippen LogP contribution in [-0.2, 0) is 36.1 Å². The van der Waals surface area contributed by atoms with Crippen molar-refractivity contribution in [1.82, 2.24) is 10.6 Å². The Balaban J connectivity index is 1.98. The van der Waals surface area contributed by atoms with Gasteiger partial charge in [0, 0.05) is 67.8 Å². The van der Waals surface area contributed by atoms with Gasteiger partial charge in [-0.3, -0.25) is 9.59 Å². The predicted octanol–water partition coefficient (Wildman–Crippen LogP) is 8.08. The molecular weight excluding hydrogens is 681 g/mol. The average Bonchev–Trinajstić information content (AvgIpc) is 3.61. The molecule has 2 amide bonds. The molecule has 1 aliphatic rings. The fourth-order valence-corrected chi connectivity index (χ4v) is 9.82. The summed E-state index contributed by atoms with van der Waals surface area (Å²) in [5.74, 6) is 1.38. The Morgan fingerprint density at radius 1 is 0.510 bits per heavy atom. The number of amides is 2. The second-order valence-corrected chi connectivity index (χ2v) is 19.5. The number of rotatable bonds is 32. The van der Waals surface area contributed by atoms with Gasteiger partial charge in [-0.25, -0.2) is 0 Å². The monoisotopic (exact) mass is 752 g/mol. The maximum Gasteiger partial charge on any atom is 0.500 e. The van der Waals surface area contributed by atoms with Crippen molar-refractivity contribution >= 4 is 29.4 Å². The van der Waals surface area contributed by atoms with Crippen LogP contribution in [-0.4, -0.2) is 85.2 Å². The highest BCUT2D eigenvalue weighted by molar-refractivity contribution is 6.60. The van der Waals surface area contributed by atoms with E-state index in [9.17, 15) is 9.59 Å². The van der Waals surface area contributed by atoms with Crippen LogP contribution in [0.15, 0.2) is 48.6 Å². The van der Waals surface area contributed by atoms with E-state index in [2.05, 4.69) is 34.9 Å². The Hall–Kier alpha value is -1.91. The quantitative estimate of drug-likeness (QED) is 0.0307. The summed E-state index contributed by atoms with van der Waals surface area (Å²) in [4.78, 5) is 24.0. The SMILES string of the molecule is CO[Si](CCCNC(=O)/C=C/CCCCCC/C=C/C1CCC(/C=C/CCCCCC/C=C/C(=O)NCCC[Si](OC)(OC)OC)C1)(OC)OC. The van der Waals surface area contributed by atoms with Crippen molar-refractivity contribution in [2.24, 2.45) is 11.8 Å². The molecule has 0 aliphatic heterocycles. The van der Waals surface area contributed by atoms with E-state index in [1.165, 1.54) is 70.6 Å². The number of allylic oxidation sites excluding steroid dienone is 6. The molecule has 0 saturated heterocycles. The molecule has 10 nitrogen and oxygen atoms in total. The molecule has 2 unspecified atom stereocenters. The van der Waals surface area contributed by atoms with Crippen molar-refractivity contribution in [2.75, 3.05) is 55.7 Å². The Morgan fingerprint density at radius 2 is 0.843 bits per heavy atom. The molecule has 0 spiro atoms.